The molecule has 0 bridgehead atoms. The van der Waals surface area contributed by atoms with E-state index < -0.39 is 23.6 Å². The Kier molecular flexibility index (Phi) is 6.77. The van der Waals surface area contributed by atoms with Crippen LogP contribution in [0.15, 0.2) is 87.2 Å². The van der Waals surface area contributed by atoms with Crippen molar-refractivity contribution < 1.29 is 33.7 Å². The molecule has 196 valence electrons. The van der Waals surface area contributed by atoms with E-state index in [2.05, 4.69) is 0 Å². The summed E-state index contributed by atoms with van der Waals surface area (Å²) in [6.45, 7) is 3.94. The molecule has 3 heterocycles. The van der Waals surface area contributed by atoms with Gasteiger partial charge in [0, 0.05) is 23.4 Å². The van der Waals surface area contributed by atoms with E-state index in [0.717, 1.165) is 10.9 Å². The quantitative estimate of drug-likeness (QED) is 0.326. The number of fused-ring (bicyclic) bond motifs is 2. The summed E-state index contributed by atoms with van der Waals surface area (Å²) in [5.74, 6) is -1.11. The van der Waals surface area contributed by atoms with Crippen molar-refractivity contribution in [3.8, 4) is 11.5 Å². The lowest BCUT2D eigenvalue weighted by atomic mass is 9.78. The fourth-order valence-corrected chi connectivity index (χ4v) is 5.11. The van der Waals surface area contributed by atoms with Gasteiger partial charge < -0.3 is 29.0 Å². The molecule has 38 heavy (non-hydrogen) atoms. The van der Waals surface area contributed by atoms with Gasteiger partial charge in [0.15, 0.2) is 0 Å². The van der Waals surface area contributed by atoms with E-state index in [9.17, 15) is 24.6 Å². The van der Waals surface area contributed by atoms with Crippen molar-refractivity contribution in [3.63, 3.8) is 0 Å². The maximum atomic E-state index is 12.4. The Morgan fingerprint density at radius 2 is 1.79 bits per heavy atom. The Labute approximate surface area is 218 Å². The number of carbonyl (C=O) groups is 2. The number of carboxylic acids is 1. The van der Waals surface area contributed by atoms with E-state index in [0.29, 0.717) is 29.3 Å². The maximum Gasteiger partial charge on any atom is 0.352 e. The highest BCUT2D eigenvalue weighted by Gasteiger charge is 2.59. The number of rotatable bonds is 9. The number of hydrogen-bond acceptors (Lipinski definition) is 7. The number of aliphatic hydroxyl groups is 1. The van der Waals surface area contributed by atoms with Gasteiger partial charge in [0.1, 0.15) is 36.0 Å². The minimum absolute atomic E-state index is 0.0291. The average molecular weight is 518 g/mol. The monoisotopic (exact) mass is 517 g/mol. The molecule has 0 aliphatic carbocycles. The third-order valence-electron chi connectivity index (χ3n) is 7.00. The van der Waals surface area contributed by atoms with Crippen LogP contribution < -0.4 is 15.1 Å². The van der Waals surface area contributed by atoms with Gasteiger partial charge in [-0.15, -0.1) is 0 Å². The van der Waals surface area contributed by atoms with E-state index in [-0.39, 0.29) is 30.2 Å². The highest BCUT2D eigenvalue weighted by atomic mass is 16.5. The van der Waals surface area contributed by atoms with Gasteiger partial charge in [-0.05, 0) is 54.5 Å². The molecule has 2 aliphatic heterocycles. The predicted molar refractivity (Wildman–Crippen MR) is 138 cm³/mol. The second-order valence-corrected chi connectivity index (χ2v) is 9.46. The van der Waals surface area contributed by atoms with E-state index >= 15 is 0 Å². The highest BCUT2D eigenvalue weighted by Crippen LogP contribution is 2.47. The Morgan fingerprint density at radius 1 is 1.08 bits per heavy atom. The minimum atomic E-state index is -1.16. The van der Waals surface area contributed by atoms with Crippen LogP contribution in [-0.2, 0) is 16.2 Å². The lowest BCUT2D eigenvalue weighted by Crippen LogP contribution is -2.63. The zero-order valence-corrected chi connectivity index (χ0v) is 20.9. The molecule has 1 fully saturated rings. The van der Waals surface area contributed by atoms with E-state index in [1.165, 1.54) is 11.0 Å². The van der Waals surface area contributed by atoms with Gasteiger partial charge in [-0.2, -0.15) is 0 Å². The molecule has 5 rings (SSSR count). The standard InChI is InChI=1S/C29H27NO8/c1-16-22(27(29(34)35)30-26(16)25(17(2)31)28(30)33)4-3-13-36-20-9-5-18(6-10-20)15-37-21-11-7-19-8-12-24(32)38-23(19)14-21/h3-12,14,16-17,25-26,31H,13,15H2,1-2H3,(H,34,35)/b4-3+. The van der Waals surface area contributed by atoms with Crippen LogP contribution in [0.25, 0.3) is 11.0 Å². The fourth-order valence-electron chi connectivity index (χ4n) is 5.11. The topological polar surface area (TPSA) is 127 Å². The molecular formula is C29H27NO8. The number of ether oxygens (including phenoxy) is 2. The minimum Gasteiger partial charge on any atom is -0.490 e. The van der Waals surface area contributed by atoms with E-state index in [1.54, 1.807) is 31.2 Å². The van der Waals surface area contributed by atoms with Crippen LogP contribution in [0.5, 0.6) is 11.5 Å². The summed E-state index contributed by atoms with van der Waals surface area (Å²) in [4.78, 5) is 37.0. The van der Waals surface area contributed by atoms with Gasteiger partial charge in [0.2, 0.25) is 5.91 Å². The number of nitrogens with zero attached hydrogens (tertiary/aromatic N) is 1. The van der Waals surface area contributed by atoms with Gasteiger partial charge in [0.25, 0.3) is 0 Å². The van der Waals surface area contributed by atoms with Gasteiger partial charge in [-0.1, -0.05) is 25.1 Å². The van der Waals surface area contributed by atoms with E-state index in [4.69, 9.17) is 13.9 Å². The molecule has 4 atom stereocenters. The normalized spacial score (nSPS) is 21.5. The molecule has 1 amide bonds. The van der Waals surface area contributed by atoms with Crippen molar-refractivity contribution in [1.82, 2.24) is 4.90 Å². The second-order valence-electron chi connectivity index (χ2n) is 9.46. The van der Waals surface area contributed by atoms with Crippen LogP contribution in [0, 0.1) is 11.8 Å². The Balaban J connectivity index is 1.17. The summed E-state index contributed by atoms with van der Waals surface area (Å²) in [6.07, 6.45) is 2.57. The zero-order chi connectivity index (χ0) is 27.0. The van der Waals surface area contributed by atoms with Crippen molar-refractivity contribution in [2.75, 3.05) is 6.61 Å². The molecule has 0 saturated carbocycles. The summed E-state index contributed by atoms with van der Waals surface area (Å²) in [6, 6.07) is 15.4. The van der Waals surface area contributed by atoms with Crippen molar-refractivity contribution in [2.24, 2.45) is 11.8 Å². The van der Waals surface area contributed by atoms with Gasteiger partial charge in [0.05, 0.1) is 18.1 Å². The molecule has 2 N–H and O–H groups in total. The van der Waals surface area contributed by atoms with Crippen LogP contribution in [0.3, 0.4) is 0 Å². The van der Waals surface area contributed by atoms with Crippen molar-refractivity contribution >= 4 is 22.8 Å². The summed E-state index contributed by atoms with van der Waals surface area (Å²) >= 11 is 0. The second kappa shape index (κ2) is 10.2. The van der Waals surface area contributed by atoms with Gasteiger partial charge >= 0.3 is 11.6 Å². The fraction of sp³-hybridized carbons (Fsp3) is 0.276. The number of aliphatic hydroxyl groups excluding tert-OH is 1. The van der Waals surface area contributed by atoms with Crippen LogP contribution >= 0.6 is 0 Å². The third kappa shape index (κ3) is 4.68. The molecule has 4 unspecified atom stereocenters. The molecule has 2 aromatic carbocycles. The number of β-lactam (4-membered cyclic amide) rings is 1. The molecule has 9 nitrogen and oxygen atoms in total. The summed E-state index contributed by atoms with van der Waals surface area (Å²) in [7, 11) is 0. The Hall–Kier alpha value is -4.37. The third-order valence-corrected chi connectivity index (χ3v) is 7.00. The maximum absolute atomic E-state index is 12.4. The number of hydrogen-bond donors (Lipinski definition) is 2. The molecule has 1 aromatic heterocycles. The number of carbonyl (C=O) groups excluding carboxylic acids is 1. The first-order chi connectivity index (χ1) is 18.2. The predicted octanol–water partition coefficient (Wildman–Crippen LogP) is 3.50. The molecule has 9 heteroatoms. The van der Waals surface area contributed by atoms with Crippen LogP contribution in [0.1, 0.15) is 19.4 Å². The SMILES string of the molecule is CC(O)C1C(=O)N2C(C(=O)O)=C(/C=C/COc3ccc(COc4ccc5ccc(=O)oc5c4)cc3)C(C)C12. The number of carboxylic acid groups (broad SMARTS) is 1. The summed E-state index contributed by atoms with van der Waals surface area (Å²) in [5.41, 5.74) is 1.48. The summed E-state index contributed by atoms with van der Waals surface area (Å²) < 4.78 is 16.8. The molecule has 1 saturated heterocycles. The molecule has 3 aromatic rings. The molecule has 0 spiro atoms. The molecular weight excluding hydrogens is 490 g/mol. The zero-order valence-electron chi connectivity index (χ0n) is 20.9. The Morgan fingerprint density at radius 3 is 2.50 bits per heavy atom. The average Bonchev–Trinajstić information content (AvgIpc) is 3.13. The first-order valence-electron chi connectivity index (χ1n) is 12.3. The smallest absolute Gasteiger partial charge is 0.352 e. The van der Waals surface area contributed by atoms with Crippen molar-refractivity contribution in [1.29, 1.82) is 0 Å². The number of benzene rings is 2. The first kappa shape index (κ1) is 25.3. The van der Waals surface area contributed by atoms with Crippen molar-refractivity contribution in [3.05, 3.63) is 94.0 Å². The first-order valence-corrected chi connectivity index (χ1v) is 12.3. The van der Waals surface area contributed by atoms with Crippen LogP contribution in [0.2, 0.25) is 0 Å². The molecule has 2 aliphatic rings. The Bertz CT molecular complexity index is 1500. The van der Waals surface area contributed by atoms with Gasteiger partial charge in [-0.3, -0.25) is 4.79 Å². The molecule has 0 radical (unpaired) electrons. The summed E-state index contributed by atoms with van der Waals surface area (Å²) in [5, 5.41) is 20.5. The number of aliphatic carboxylic acids is 1. The van der Waals surface area contributed by atoms with Gasteiger partial charge in [-0.25, -0.2) is 9.59 Å². The number of amides is 1. The van der Waals surface area contributed by atoms with Crippen molar-refractivity contribution in [2.45, 2.75) is 32.6 Å². The lowest BCUT2D eigenvalue weighted by molar-refractivity contribution is -0.163. The highest BCUT2D eigenvalue weighted by molar-refractivity contribution is 6.00. The van der Waals surface area contributed by atoms with E-state index in [1.807, 2.05) is 43.3 Å². The number of allylic oxidation sites excluding steroid dienone is 1. The van der Waals surface area contributed by atoms with Crippen LogP contribution in [-0.4, -0.2) is 45.7 Å². The largest absolute Gasteiger partial charge is 0.490 e. The van der Waals surface area contributed by atoms with Crippen LogP contribution in [0.4, 0.5) is 0 Å². The lowest BCUT2D eigenvalue weighted by Gasteiger charge is -2.46.